The van der Waals surface area contributed by atoms with Gasteiger partial charge in [-0.05, 0) is 60.0 Å². The van der Waals surface area contributed by atoms with Gasteiger partial charge in [0.15, 0.2) is 0 Å². The second-order valence-electron chi connectivity index (χ2n) is 8.65. The van der Waals surface area contributed by atoms with Gasteiger partial charge in [0.05, 0.1) is 18.0 Å². The first kappa shape index (κ1) is 26.7. The third kappa shape index (κ3) is 6.49. The van der Waals surface area contributed by atoms with Crippen LogP contribution < -0.4 is 9.46 Å². The van der Waals surface area contributed by atoms with Crippen LogP contribution in [0.15, 0.2) is 132 Å². The average Bonchev–Trinajstić information content (AvgIpc) is 2.95. The number of aryl methyl sites for hydroxylation is 1. The Morgan fingerprint density at radius 2 is 1.47 bits per heavy atom. The molecule has 0 bridgehead atoms. The molecule has 5 heteroatoms. The lowest BCUT2D eigenvalue weighted by Gasteiger charge is -2.22. The summed E-state index contributed by atoms with van der Waals surface area (Å²) in [7, 11) is -2.28. The first-order chi connectivity index (χ1) is 18.4. The van der Waals surface area contributed by atoms with Crippen molar-refractivity contribution < 1.29 is 13.2 Å². The molecule has 0 saturated heterocycles. The Labute approximate surface area is 225 Å². The van der Waals surface area contributed by atoms with Gasteiger partial charge in [-0.2, -0.15) is 4.72 Å². The molecule has 190 valence electrons. The van der Waals surface area contributed by atoms with E-state index in [0.29, 0.717) is 11.3 Å². The number of hydrogen-bond donors (Lipinski definition) is 1. The van der Waals surface area contributed by atoms with Crippen molar-refractivity contribution >= 4 is 15.6 Å². The number of allylic oxidation sites excluding steroid dienone is 2. The van der Waals surface area contributed by atoms with Crippen LogP contribution in [0.3, 0.4) is 0 Å². The molecule has 4 aromatic rings. The van der Waals surface area contributed by atoms with Gasteiger partial charge in [0.2, 0.25) is 10.0 Å². The van der Waals surface area contributed by atoms with Crippen molar-refractivity contribution in [1.29, 1.82) is 0 Å². The quantitative estimate of drug-likeness (QED) is 0.208. The van der Waals surface area contributed by atoms with E-state index in [1.54, 1.807) is 37.5 Å². The Hall–Kier alpha value is -4.37. The van der Waals surface area contributed by atoms with E-state index in [4.69, 9.17) is 4.74 Å². The van der Waals surface area contributed by atoms with Gasteiger partial charge in [0.1, 0.15) is 5.75 Å². The maximum atomic E-state index is 13.6. The van der Waals surface area contributed by atoms with E-state index in [2.05, 4.69) is 23.1 Å². The van der Waals surface area contributed by atoms with E-state index < -0.39 is 16.1 Å². The van der Waals surface area contributed by atoms with E-state index in [9.17, 15) is 8.42 Å². The van der Waals surface area contributed by atoms with Crippen molar-refractivity contribution in [3.05, 3.63) is 150 Å². The minimum Gasteiger partial charge on any atom is -0.497 e. The second-order valence-corrected chi connectivity index (χ2v) is 10.4. The summed E-state index contributed by atoms with van der Waals surface area (Å²) in [5, 5.41) is 0. The molecule has 0 fully saturated rings. The zero-order chi connectivity index (χ0) is 27.0. The van der Waals surface area contributed by atoms with E-state index in [1.807, 2.05) is 91.9 Å². The SMILES string of the molecule is C=C/C(=C(\C#Cc1ccccc1)[C@H](NS(=O)(=O)c1ccc(C)cc1)c1ccccc1)c1ccc(OC)cc1. The summed E-state index contributed by atoms with van der Waals surface area (Å²) in [5.41, 5.74) is 4.69. The van der Waals surface area contributed by atoms with E-state index in [1.165, 1.54) is 0 Å². The van der Waals surface area contributed by atoms with Crippen molar-refractivity contribution in [2.45, 2.75) is 17.9 Å². The maximum Gasteiger partial charge on any atom is 0.241 e. The predicted molar refractivity (Wildman–Crippen MR) is 154 cm³/mol. The van der Waals surface area contributed by atoms with Gasteiger partial charge >= 0.3 is 0 Å². The number of methoxy groups -OCH3 is 1. The largest absolute Gasteiger partial charge is 0.497 e. The summed E-state index contributed by atoms with van der Waals surface area (Å²) < 4.78 is 35.5. The topological polar surface area (TPSA) is 55.4 Å². The Bertz CT molecular complexity index is 1580. The van der Waals surface area contributed by atoms with Gasteiger partial charge in [-0.25, -0.2) is 8.42 Å². The molecule has 1 N–H and O–H groups in total. The number of nitrogens with one attached hydrogen (secondary N) is 1. The highest BCUT2D eigenvalue weighted by Crippen LogP contribution is 2.32. The van der Waals surface area contributed by atoms with Crippen LogP contribution in [-0.2, 0) is 10.0 Å². The summed E-state index contributed by atoms with van der Waals surface area (Å²) in [6.45, 7) is 5.98. The highest BCUT2D eigenvalue weighted by molar-refractivity contribution is 7.89. The molecular formula is C33H29NO3S. The molecule has 0 aromatic heterocycles. The summed E-state index contributed by atoms with van der Waals surface area (Å²) in [6.07, 6.45) is 1.72. The molecule has 0 amide bonds. The van der Waals surface area contributed by atoms with Gasteiger partial charge < -0.3 is 4.74 Å². The average molecular weight is 520 g/mol. The zero-order valence-electron chi connectivity index (χ0n) is 21.4. The van der Waals surface area contributed by atoms with Crippen molar-refractivity contribution in [2.24, 2.45) is 0 Å². The number of sulfonamides is 1. The Morgan fingerprint density at radius 3 is 2.05 bits per heavy atom. The summed E-state index contributed by atoms with van der Waals surface area (Å²) in [4.78, 5) is 0.184. The van der Waals surface area contributed by atoms with Crippen LogP contribution in [0.1, 0.15) is 28.3 Å². The molecule has 0 saturated carbocycles. The first-order valence-corrected chi connectivity index (χ1v) is 13.6. The molecule has 0 aliphatic heterocycles. The molecule has 0 aliphatic carbocycles. The fraction of sp³-hybridized carbons (Fsp3) is 0.0909. The third-order valence-electron chi connectivity index (χ3n) is 6.04. The molecule has 0 heterocycles. The number of rotatable bonds is 8. The summed E-state index contributed by atoms with van der Waals surface area (Å²) in [6, 6.07) is 32.6. The van der Waals surface area contributed by atoms with Gasteiger partial charge in [-0.15, -0.1) is 0 Å². The minimum atomic E-state index is -3.89. The lowest BCUT2D eigenvalue weighted by Crippen LogP contribution is -2.30. The molecule has 4 aromatic carbocycles. The fourth-order valence-corrected chi connectivity index (χ4v) is 5.18. The van der Waals surface area contributed by atoms with E-state index in [0.717, 1.165) is 27.8 Å². The van der Waals surface area contributed by atoms with Crippen LogP contribution in [0, 0.1) is 18.8 Å². The van der Waals surface area contributed by atoms with Gasteiger partial charge in [-0.1, -0.05) is 103 Å². The molecule has 4 nitrogen and oxygen atoms in total. The van der Waals surface area contributed by atoms with Gasteiger partial charge in [0, 0.05) is 11.1 Å². The van der Waals surface area contributed by atoms with Crippen molar-refractivity contribution in [3.63, 3.8) is 0 Å². The molecule has 0 aliphatic rings. The molecule has 38 heavy (non-hydrogen) atoms. The predicted octanol–water partition coefficient (Wildman–Crippen LogP) is 6.71. The van der Waals surface area contributed by atoms with Crippen LogP contribution in [0.2, 0.25) is 0 Å². The third-order valence-corrected chi connectivity index (χ3v) is 7.48. The van der Waals surface area contributed by atoms with Crippen molar-refractivity contribution in [1.82, 2.24) is 4.72 Å². The molecule has 0 radical (unpaired) electrons. The molecule has 4 rings (SSSR count). The molecule has 0 spiro atoms. The highest BCUT2D eigenvalue weighted by atomic mass is 32.2. The summed E-state index contributed by atoms with van der Waals surface area (Å²) >= 11 is 0. The Morgan fingerprint density at radius 1 is 0.868 bits per heavy atom. The van der Waals surface area contributed by atoms with Crippen LogP contribution in [0.5, 0.6) is 5.75 Å². The smallest absolute Gasteiger partial charge is 0.241 e. The number of ether oxygens (including phenoxy) is 1. The number of hydrogen-bond acceptors (Lipinski definition) is 3. The maximum absolute atomic E-state index is 13.6. The lowest BCUT2D eigenvalue weighted by molar-refractivity contribution is 0.415. The molecule has 0 unspecified atom stereocenters. The Balaban J connectivity index is 1.93. The van der Waals surface area contributed by atoms with Crippen LogP contribution in [-0.4, -0.2) is 15.5 Å². The molecule has 1 atom stereocenters. The van der Waals surface area contributed by atoms with Gasteiger partial charge in [-0.3, -0.25) is 0 Å². The molecular weight excluding hydrogens is 490 g/mol. The first-order valence-electron chi connectivity index (χ1n) is 12.1. The van der Waals surface area contributed by atoms with E-state index >= 15 is 0 Å². The lowest BCUT2D eigenvalue weighted by atomic mass is 9.91. The highest BCUT2D eigenvalue weighted by Gasteiger charge is 2.26. The number of benzene rings is 4. The van der Waals surface area contributed by atoms with Gasteiger partial charge in [0.25, 0.3) is 0 Å². The van der Waals surface area contributed by atoms with E-state index in [-0.39, 0.29) is 4.90 Å². The standard InChI is InChI=1S/C33H29NO3S/c1-4-31(27-18-20-29(37-3)21-19-27)32(24-17-26-11-7-5-8-12-26)33(28-13-9-6-10-14-28)34-38(35,36)30-22-15-25(2)16-23-30/h4-16,18-23,33-34H,1H2,2-3H3/b32-31-/t33-/m1/s1. The van der Waals surface area contributed by atoms with Crippen molar-refractivity contribution in [3.8, 4) is 17.6 Å². The fourth-order valence-electron chi connectivity index (χ4n) is 3.99. The Kier molecular flexibility index (Phi) is 8.60. The van der Waals surface area contributed by atoms with Crippen LogP contribution in [0.25, 0.3) is 5.57 Å². The normalized spacial score (nSPS) is 12.5. The minimum absolute atomic E-state index is 0.184. The zero-order valence-corrected chi connectivity index (χ0v) is 22.2. The second kappa shape index (κ2) is 12.2. The van der Waals surface area contributed by atoms with Crippen LogP contribution >= 0.6 is 0 Å². The summed E-state index contributed by atoms with van der Waals surface area (Å²) in [5.74, 6) is 7.23. The van der Waals surface area contributed by atoms with Crippen molar-refractivity contribution in [2.75, 3.05) is 7.11 Å². The monoisotopic (exact) mass is 519 g/mol. The van der Waals surface area contributed by atoms with Crippen LogP contribution in [0.4, 0.5) is 0 Å².